The molecule has 0 heterocycles. The standard InChI is InChI=1S/C10H8Br2O/c1-5-4-6-7(11)2-3-8(12)9(6)10(5)13/h2-3,5H,4H2,1H3. The predicted octanol–water partition coefficient (Wildman–Crippen LogP) is 3.59. The molecule has 0 aliphatic heterocycles. The minimum atomic E-state index is 0.130. The second kappa shape index (κ2) is 3.21. The second-order valence-corrected chi connectivity index (χ2v) is 5.06. The van der Waals surface area contributed by atoms with Crippen molar-refractivity contribution in [1.82, 2.24) is 0 Å². The molecule has 0 aromatic heterocycles. The third-order valence-electron chi connectivity index (χ3n) is 2.41. The number of hydrogen-bond donors (Lipinski definition) is 0. The summed E-state index contributed by atoms with van der Waals surface area (Å²) < 4.78 is 1.96. The van der Waals surface area contributed by atoms with Gasteiger partial charge in [-0.15, -0.1) is 0 Å². The first kappa shape index (κ1) is 9.41. The van der Waals surface area contributed by atoms with Gasteiger partial charge in [0.1, 0.15) is 0 Å². The molecule has 1 atom stereocenters. The Morgan fingerprint density at radius 1 is 1.31 bits per heavy atom. The fourth-order valence-electron chi connectivity index (χ4n) is 1.71. The van der Waals surface area contributed by atoms with Crippen LogP contribution in [0.5, 0.6) is 0 Å². The molecule has 0 saturated heterocycles. The van der Waals surface area contributed by atoms with Crippen molar-refractivity contribution >= 4 is 37.6 Å². The third-order valence-corrected chi connectivity index (χ3v) is 3.81. The molecular formula is C10H8Br2O. The summed E-state index contributed by atoms with van der Waals surface area (Å²) in [5.41, 5.74) is 2.01. The van der Waals surface area contributed by atoms with Gasteiger partial charge in [0.25, 0.3) is 0 Å². The van der Waals surface area contributed by atoms with Crippen LogP contribution in [0.2, 0.25) is 0 Å². The van der Waals surface area contributed by atoms with Gasteiger partial charge in [-0.3, -0.25) is 4.79 Å². The summed E-state index contributed by atoms with van der Waals surface area (Å²) in [6.07, 6.45) is 0.855. The van der Waals surface area contributed by atoms with Crippen LogP contribution in [0.15, 0.2) is 21.1 Å². The van der Waals surface area contributed by atoms with Crippen molar-refractivity contribution in [3.63, 3.8) is 0 Å². The highest BCUT2D eigenvalue weighted by molar-refractivity contribution is 9.11. The van der Waals surface area contributed by atoms with Crippen LogP contribution >= 0.6 is 31.9 Å². The number of benzene rings is 1. The molecule has 1 aromatic carbocycles. The molecule has 1 aliphatic carbocycles. The number of carbonyl (C=O) groups is 1. The summed E-state index contributed by atoms with van der Waals surface area (Å²) in [7, 11) is 0. The summed E-state index contributed by atoms with van der Waals surface area (Å²) in [4.78, 5) is 11.7. The van der Waals surface area contributed by atoms with E-state index in [1.165, 1.54) is 0 Å². The second-order valence-electron chi connectivity index (χ2n) is 3.35. The van der Waals surface area contributed by atoms with Gasteiger partial charge >= 0.3 is 0 Å². The maximum atomic E-state index is 11.7. The molecule has 0 radical (unpaired) electrons. The number of halogens is 2. The van der Waals surface area contributed by atoms with Crippen molar-refractivity contribution in [1.29, 1.82) is 0 Å². The molecule has 1 unspecified atom stereocenters. The molecule has 0 fully saturated rings. The van der Waals surface area contributed by atoms with Gasteiger partial charge in [-0.25, -0.2) is 0 Å². The molecule has 1 nitrogen and oxygen atoms in total. The molecule has 68 valence electrons. The highest BCUT2D eigenvalue weighted by Gasteiger charge is 2.30. The van der Waals surface area contributed by atoms with E-state index in [9.17, 15) is 4.79 Å². The monoisotopic (exact) mass is 302 g/mol. The van der Waals surface area contributed by atoms with E-state index in [-0.39, 0.29) is 11.7 Å². The Hall–Kier alpha value is -0.150. The lowest BCUT2D eigenvalue weighted by Crippen LogP contribution is -2.03. The van der Waals surface area contributed by atoms with Crippen molar-refractivity contribution in [2.45, 2.75) is 13.3 Å². The zero-order chi connectivity index (χ0) is 9.59. The quantitative estimate of drug-likeness (QED) is 0.716. The summed E-state index contributed by atoms with van der Waals surface area (Å²) in [5, 5.41) is 0. The van der Waals surface area contributed by atoms with E-state index in [0.717, 1.165) is 26.5 Å². The van der Waals surface area contributed by atoms with Crippen LogP contribution in [0.4, 0.5) is 0 Å². The van der Waals surface area contributed by atoms with Crippen LogP contribution in [0.25, 0.3) is 0 Å². The number of Topliss-reactive ketones (excluding diaryl/α,β-unsaturated/α-hetero) is 1. The van der Waals surface area contributed by atoms with Crippen LogP contribution in [0.3, 0.4) is 0 Å². The molecule has 0 amide bonds. The summed E-state index contributed by atoms with van der Waals surface area (Å²) in [6.45, 7) is 1.97. The normalized spacial score (nSPS) is 20.5. The number of rotatable bonds is 0. The van der Waals surface area contributed by atoms with E-state index in [0.29, 0.717) is 0 Å². The van der Waals surface area contributed by atoms with Crippen LogP contribution < -0.4 is 0 Å². The average Bonchev–Trinajstić information content (AvgIpc) is 2.38. The summed E-state index contributed by atoms with van der Waals surface area (Å²) in [6, 6.07) is 3.90. The van der Waals surface area contributed by atoms with E-state index >= 15 is 0 Å². The van der Waals surface area contributed by atoms with Crippen molar-refractivity contribution in [3.8, 4) is 0 Å². The topological polar surface area (TPSA) is 17.1 Å². The molecule has 0 N–H and O–H groups in total. The maximum absolute atomic E-state index is 11.7. The molecule has 0 bridgehead atoms. The molecule has 1 aliphatic rings. The Kier molecular flexibility index (Phi) is 2.32. The van der Waals surface area contributed by atoms with Gasteiger partial charge in [0.2, 0.25) is 0 Å². The maximum Gasteiger partial charge on any atom is 0.167 e. The van der Waals surface area contributed by atoms with Gasteiger partial charge in [0.05, 0.1) is 0 Å². The van der Waals surface area contributed by atoms with Crippen LogP contribution in [0, 0.1) is 5.92 Å². The van der Waals surface area contributed by atoms with Crippen molar-refractivity contribution in [2.75, 3.05) is 0 Å². The SMILES string of the molecule is CC1Cc2c(Br)ccc(Br)c2C1=O. The Morgan fingerprint density at radius 3 is 2.54 bits per heavy atom. The first-order chi connectivity index (χ1) is 6.11. The minimum absolute atomic E-state index is 0.130. The molecule has 3 heteroatoms. The largest absolute Gasteiger partial charge is 0.294 e. The molecular weight excluding hydrogens is 296 g/mol. The number of ketones is 1. The van der Waals surface area contributed by atoms with E-state index in [1.54, 1.807) is 0 Å². The van der Waals surface area contributed by atoms with Gasteiger partial charge in [-0.1, -0.05) is 38.8 Å². The fourth-order valence-corrected chi connectivity index (χ4v) is 2.76. The molecule has 13 heavy (non-hydrogen) atoms. The smallest absolute Gasteiger partial charge is 0.167 e. The highest BCUT2D eigenvalue weighted by Crippen LogP contribution is 2.36. The molecule has 0 saturated carbocycles. The van der Waals surface area contributed by atoms with Gasteiger partial charge in [-0.2, -0.15) is 0 Å². The van der Waals surface area contributed by atoms with E-state index < -0.39 is 0 Å². The zero-order valence-electron chi connectivity index (χ0n) is 7.10. The van der Waals surface area contributed by atoms with Crippen LogP contribution in [0.1, 0.15) is 22.8 Å². The number of hydrogen-bond acceptors (Lipinski definition) is 1. The van der Waals surface area contributed by atoms with Gasteiger partial charge in [-0.05, 0) is 24.1 Å². The van der Waals surface area contributed by atoms with Crippen LogP contribution in [-0.4, -0.2) is 5.78 Å². The van der Waals surface area contributed by atoms with Crippen molar-refractivity contribution < 1.29 is 4.79 Å². The van der Waals surface area contributed by atoms with Gasteiger partial charge < -0.3 is 0 Å². The molecule has 0 spiro atoms. The molecule has 2 rings (SSSR count). The van der Waals surface area contributed by atoms with Gasteiger partial charge in [0, 0.05) is 20.4 Å². The number of carbonyl (C=O) groups excluding carboxylic acids is 1. The highest BCUT2D eigenvalue weighted by atomic mass is 79.9. The minimum Gasteiger partial charge on any atom is -0.294 e. The Labute approximate surface area is 93.8 Å². The lowest BCUT2D eigenvalue weighted by atomic mass is 10.1. The Morgan fingerprint density at radius 2 is 1.92 bits per heavy atom. The van der Waals surface area contributed by atoms with E-state index in [4.69, 9.17) is 0 Å². The van der Waals surface area contributed by atoms with Crippen molar-refractivity contribution in [3.05, 3.63) is 32.2 Å². The third kappa shape index (κ3) is 1.38. The summed E-state index contributed by atoms with van der Waals surface area (Å²) in [5.74, 6) is 0.383. The molecule has 1 aromatic rings. The van der Waals surface area contributed by atoms with E-state index in [1.807, 2.05) is 19.1 Å². The number of fused-ring (bicyclic) bond motifs is 1. The van der Waals surface area contributed by atoms with E-state index in [2.05, 4.69) is 31.9 Å². The lowest BCUT2D eigenvalue weighted by Gasteiger charge is -2.02. The Bertz CT molecular complexity index is 385. The van der Waals surface area contributed by atoms with Gasteiger partial charge in [0.15, 0.2) is 5.78 Å². The van der Waals surface area contributed by atoms with Crippen molar-refractivity contribution in [2.24, 2.45) is 5.92 Å². The predicted molar refractivity (Wildman–Crippen MR) is 59.0 cm³/mol. The first-order valence-electron chi connectivity index (χ1n) is 4.12. The Balaban J connectivity index is 2.68. The van der Waals surface area contributed by atoms with Crippen LogP contribution in [-0.2, 0) is 6.42 Å². The fraction of sp³-hybridized carbons (Fsp3) is 0.300. The zero-order valence-corrected chi connectivity index (χ0v) is 10.3. The first-order valence-corrected chi connectivity index (χ1v) is 5.71. The average molecular weight is 304 g/mol. The lowest BCUT2D eigenvalue weighted by molar-refractivity contribution is 0.0945. The summed E-state index contributed by atoms with van der Waals surface area (Å²) >= 11 is 6.87.